The fraction of sp³-hybridized carbons (Fsp3) is 0.105. The second kappa shape index (κ2) is 15.4. The second-order valence-corrected chi connectivity index (χ2v) is 15.4. The van der Waals surface area contributed by atoms with Crippen LogP contribution < -0.4 is 50.8 Å². The van der Waals surface area contributed by atoms with Crippen molar-refractivity contribution < 1.29 is 18.9 Å². The summed E-state index contributed by atoms with van der Waals surface area (Å²) in [5.41, 5.74) is 1.23. The zero-order valence-corrected chi connectivity index (χ0v) is 30.0. The minimum Gasteiger partial charge on any atom is -0.480 e. The monoisotopic (exact) mass is 712 g/mol. The van der Waals surface area contributed by atoms with E-state index in [1.807, 2.05) is 72.8 Å². The van der Waals surface area contributed by atoms with Crippen LogP contribution in [-0.4, -0.2) is 38.4 Å². The van der Waals surface area contributed by atoms with Gasteiger partial charge in [0.1, 0.15) is 10.0 Å². The van der Waals surface area contributed by atoms with Gasteiger partial charge in [0.15, 0.2) is 0 Å². The summed E-state index contributed by atoms with van der Waals surface area (Å²) in [5, 5.41) is 6.53. The molecule has 2 heterocycles. The fourth-order valence-electron chi connectivity index (χ4n) is 5.58. The van der Waals surface area contributed by atoms with E-state index in [1.165, 1.54) is 0 Å². The lowest BCUT2D eigenvalue weighted by Crippen LogP contribution is -2.28. The Morgan fingerprint density at radius 2 is 0.646 bits per heavy atom. The van der Waals surface area contributed by atoms with Crippen LogP contribution in [0.3, 0.4) is 0 Å². The van der Waals surface area contributed by atoms with Crippen molar-refractivity contribution in [1.82, 2.24) is 9.97 Å². The van der Waals surface area contributed by atoms with E-state index in [-0.39, 0.29) is 11.8 Å². The van der Waals surface area contributed by atoms with E-state index in [0.29, 0.717) is 32.9 Å². The van der Waals surface area contributed by atoms with E-state index in [0.717, 1.165) is 31.8 Å². The summed E-state index contributed by atoms with van der Waals surface area (Å²) in [7, 11) is 3.63. The van der Waals surface area contributed by atoms with E-state index in [1.54, 1.807) is 28.4 Å². The molecule has 0 N–H and O–H groups in total. The maximum absolute atomic E-state index is 7.41. The average molecular weight is 714 g/mol. The Hall–Kier alpha value is -4.18. The lowest BCUT2D eigenvalue weighted by Gasteiger charge is -2.29. The molecule has 4 aromatic carbocycles. The molecule has 242 valence electrons. The van der Waals surface area contributed by atoms with Crippen molar-refractivity contribution in [1.29, 1.82) is 0 Å². The standard InChI is InChI=1S/C38H32Cl2N2O4P2/c1-43-35-29(33(31(39)37(41-35)45-3)47(25-17-9-5-10-18-25)26-19-11-6-12-20-26)30-34(32(40)38(46-4)42-36(30)44-2)48(27-21-13-7-14-22-27)28-23-15-8-16-24-28/h5-24H,1-4H3. The van der Waals surface area contributed by atoms with E-state index < -0.39 is 15.8 Å². The molecule has 0 saturated heterocycles. The van der Waals surface area contributed by atoms with E-state index >= 15 is 0 Å². The van der Waals surface area contributed by atoms with Gasteiger partial charge in [-0.05, 0) is 37.1 Å². The normalized spacial score (nSPS) is 11.1. The molecule has 0 aliphatic heterocycles. The molecular weight excluding hydrogens is 681 g/mol. The molecule has 0 amide bonds. The molecule has 0 unspecified atom stereocenters. The largest absolute Gasteiger partial charge is 0.480 e. The van der Waals surface area contributed by atoms with Gasteiger partial charge in [0.25, 0.3) is 0 Å². The lowest BCUT2D eigenvalue weighted by atomic mass is 10.1. The first-order valence-electron chi connectivity index (χ1n) is 15.0. The Kier molecular flexibility index (Phi) is 10.8. The number of aromatic nitrogens is 2. The van der Waals surface area contributed by atoms with Crippen LogP contribution in [0, 0.1) is 0 Å². The molecule has 6 rings (SSSR count). The number of halogens is 2. The van der Waals surface area contributed by atoms with Crippen molar-refractivity contribution in [3.05, 3.63) is 131 Å². The first-order chi connectivity index (χ1) is 23.5. The van der Waals surface area contributed by atoms with Crippen LogP contribution in [0.2, 0.25) is 10.0 Å². The SMILES string of the molecule is COc1nc(OC)c(-c2c(OC)nc(OC)c(Cl)c2P(c2ccccc2)c2ccccc2)c(P(c2ccccc2)c2ccccc2)c1Cl. The van der Waals surface area contributed by atoms with Crippen molar-refractivity contribution in [2.45, 2.75) is 0 Å². The summed E-state index contributed by atoms with van der Waals surface area (Å²) >= 11 is 14.8. The first-order valence-corrected chi connectivity index (χ1v) is 18.4. The first kappa shape index (κ1) is 33.7. The molecule has 2 aromatic heterocycles. The number of rotatable bonds is 11. The Morgan fingerprint density at radius 1 is 0.396 bits per heavy atom. The maximum atomic E-state index is 7.41. The highest BCUT2D eigenvalue weighted by molar-refractivity contribution is 7.81. The van der Waals surface area contributed by atoms with Gasteiger partial charge in [-0.1, -0.05) is 145 Å². The summed E-state index contributed by atoms with van der Waals surface area (Å²) in [5.74, 6) is 1.08. The molecule has 48 heavy (non-hydrogen) atoms. The van der Waals surface area contributed by atoms with Crippen LogP contribution >= 0.6 is 39.0 Å². The Balaban J connectivity index is 1.83. The predicted octanol–water partition coefficient (Wildman–Crippen LogP) is 7.00. The molecule has 0 saturated carbocycles. The number of methoxy groups -OCH3 is 4. The highest BCUT2D eigenvalue weighted by Crippen LogP contribution is 2.51. The van der Waals surface area contributed by atoms with Crippen LogP contribution in [0.1, 0.15) is 0 Å². The van der Waals surface area contributed by atoms with E-state index in [4.69, 9.17) is 52.1 Å². The maximum Gasteiger partial charge on any atom is 0.236 e. The van der Waals surface area contributed by atoms with E-state index in [2.05, 4.69) is 48.5 Å². The van der Waals surface area contributed by atoms with Crippen LogP contribution in [0.4, 0.5) is 0 Å². The Bertz CT molecular complexity index is 1780. The van der Waals surface area contributed by atoms with Crippen molar-refractivity contribution in [2.75, 3.05) is 28.4 Å². The van der Waals surface area contributed by atoms with Gasteiger partial charge in [-0.15, -0.1) is 0 Å². The quantitative estimate of drug-likeness (QED) is 0.135. The van der Waals surface area contributed by atoms with Crippen LogP contribution in [-0.2, 0) is 0 Å². The predicted molar refractivity (Wildman–Crippen MR) is 201 cm³/mol. The van der Waals surface area contributed by atoms with Gasteiger partial charge in [0.05, 0.1) is 39.6 Å². The summed E-state index contributed by atoms with van der Waals surface area (Å²) < 4.78 is 23.8. The minimum absolute atomic E-state index is 0.244. The Morgan fingerprint density at radius 3 is 0.875 bits per heavy atom. The van der Waals surface area contributed by atoms with Crippen molar-refractivity contribution in [2.24, 2.45) is 0 Å². The summed E-state index contributed by atoms with van der Waals surface area (Å²) in [4.78, 5) is 9.59. The third kappa shape index (κ3) is 6.46. The molecule has 6 nitrogen and oxygen atoms in total. The minimum atomic E-state index is -1.32. The summed E-state index contributed by atoms with van der Waals surface area (Å²) in [6, 6.07) is 41.1. The van der Waals surface area contributed by atoms with Gasteiger partial charge in [-0.2, -0.15) is 9.97 Å². The smallest absolute Gasteiger partial charge is 0.236 e. The third-order valence-corrected chi connectivity index (χ3v) is 13.6. The number of ether oxygens (including phenoxy) is 4. The molecule has 10 heteroatoms. The number of hydrogen-bond acceptors (Lipinski definition) is 6. The zero-order chi connectivity index (χ0) is 33.6. The van der Waals surface area contributed by atoms with E-state index in [9.17, 15) is 0 Å². The number of benzene rings is 4. The molecule has 0 spiro atoms. The van der Waals surface area contributed by atoms with Crippen LogP contribution in [0.25, 0.3) is 11.1 Å². The molecule has 0 fully saturated rings. The van der Waals surface area contributed by atoms with Gasteiger partial charge in [0, 0.05) is 10.6 Å². The lowest BCUT2D eigenvalue weighted by molar-refractivity contribution is 0.362. The molecular formula is C38H32Cl2N2O4P2. The number of nitrogens with zero attached hydrogens (tertiary/aromatic N) is 2. The zero-order valence-electron chi connectivity index (χ0n) is 26.7. The summed E-state index contributed by atoms with van der Waals surface area (Å²) in [6.07, 6.45) is 0. The average Bonchev–Trinajstić information content (AvgIpc) is 3.15. The van der Waals surface area contributed by atoms with Crippen molar-refractivity contribution in [3.8, 4) is 34.6 Å². The van der Waals surface area contributed by atoms with Crippen molar-refractivity contribution in [3.63, 3.8) is 0 Å². The molecule has 0 aliphatic carbocycles. The number of pyridine rings is 2. The second-order valence-electron chi connectivity index (χ2n) is 10.3. The van der Waals surface area contributed by atoms with Gasteiger partial charge in [-0.25, -0.2) is 0 Å². The van der Waals surface area contributed by atoms with Gasteiger partial charge in [-0.3, -0.25) is 0 Å². The molecule has 0 aliphatic rings. The highest BCUT2D eigenvalue weighted by atomic mass is 35.5. The fourth-order valence-corrected chi connectivity index (χ4v) is 11.5. The third-order valence-electron chi connectivity index (χ3n) is 7.63. The van der Waals surface area contributed by atoms with Gasteiger partial charge < -0.3 is 18.9 Å². The molecule has 0 bridgehead atoms. The molecule has 0 radical (unpaired) electrons. The topological polar surface area (TPSA) is 62.7 Å². The van der Waals surface area contributed by atoms with Crippen LogP contribution in [0.5, 0.6) is 23.5 Å². The highest BCUT2D eigenvalue weighted by Gasteiger charge is 2.36. The van der Waals surface area contributed by atoms with Gasteiger partial charge >= 0.3 is 0 Å². The molecule has 6 aromatic rings. The van der Waals surface area contributed by atoms with Crippen molar-refractivity contribution >= 4 is 70.9 Å². The van der Waals surface area contributed by atoms with Crippen LogP contribution in [0.15, 0.2) is 121 Å². The summed E-state index contributed by atoms with van der Waals surface area (Å²) in [6.45, 7) is 0. The van der Waals surface area contributed by atoms with Gasteiger partial charge in [0.2, 0.25) is 23.5 Å². The number of hydrogen-bond donors (Lipinski definition) is 0. The molecule has 0 atom stereocenters. The Labute approximate surface area is 293 Å².